The normalized spacial score (nSPS) is 16.9. The molecular weight excluding hydrogens is 226 g/mol. The summed E-state index contributed by atoms with van der Waals surface area (Å²) in [6.07, 6.45) is 6.72. The van der Waals surface area contributed by atoms with Crippen molar-refractivity contribution in [2.75, 3.05) is 13.6 Å². The van der Waals surface area contributed by atoms with Crippen LogP contribution in [0.5, 0.6) is 0 Å². The number of rotatable bonds is 6. The fraction of sp³-hybridized carbons (Fsp3) is 0.400. The van der Waals surface area contributed by atoms with Gasteiger partial charge in [0.05, 0.1) is 5.41 Å². The van der Waals surface area contributed by atoms with Crippen LogP contribution in [0.2, 0.25) is 0 Å². The van der Waals surface area contributed by atoms with Crippen molar-refractivity contribution >= 4 is 12.0 Å². The molecule has 0 heterocycles. The summed E-state index contributed by atoms with van der Waals surface area (Å²) in [7, 11) is 1.93. The van der Waals surface area contributed by atoms with Crippen LogP contribution in [-0.4, -0.2) is 24.7 Å². The molecule has 0 amide bonds. The Bertz CT molecular complexity index is 444. The first-order chi connectivity index (χ1) is 8.69. The van der Waals surface area contributed by atoms with E-state index in [0.717, 1.165) is 36.9 Å². The van der Waals surface area contributed by atoms with E-state index in [0.29, 0.717) is 0 Å². The molecule has 0 spiro atoms. The zero-order chi connectivity index (χ0) is 13.0. The summed E-state index contributed by atoms with van der Waals surface area (Å²) in [4.78, 5) is 11.2. The first-order valence-electron chi connectivity index (χ1n) is 6.34. The Kier molecular flexibility index (Phi) is 3.82. The Morgan fingerprint density at radius 3 is 2.56 bits per heavy atom. The molecule has 1 aromatic rings. The average Bonchev–Trinajstić information content (AvgIpc) is 3.17. The number of hydrogen-bond acceptors (Lipinski definition) is 2. The fourth-order valence-electron chi connectivity index (χ4n) is 2.11. The van der Waals surface area contributed by atoms with Gasteiger partial charge in [-0.1, -0.05) is 36.4 Å². The molecule has 1 aliphatic carbocycles. The molecule has 0 radical (unpaired) electrons. The summed E-state index contributed by atoms with van der Waals surface area (Å²) < 4.78 is 0. The number of nitrogens with one attached hydrogen (secondary N) is 1. The molecule has 3 nitrogen and oxygen atoms in total. The van der Waals surface area contributed by atoms with E-state index in [4.69, 9.17) is 0 Å². The summed E-state index contributed by atoms with van der Waals surface area (Å²) in [5.74, 6) is -0.695. The number of hydrogen-bond donors (Lipinski definition) is 2. The molecule has 1 fully saturated rings. The van der Waals surface area contributed by atoms with E-state index < -0.39 is 11.4 Å². The number of aliphatic carboxylic acids is 1. The standard InChI is InChI=1S/C15H19NO2/c1-16-11-3-2-4-12-5-7-13(8-6-12)15(9-10-15)14(17)18/h2,4-8,16H,3,9-11H2,1H3,(H,17,18). The Hall–Kier alpha value is -1.61. The van der Waals surface area contributed by atoms with Gasteiger partial charge in [0.15, 0.2) is 0 Å². The van der Waals surface area contributed by atoms with Crippen molar-refractivity contribution in [2.24, 2.45) is 0 Å². The highest BCUT2D eigenvalue weighted by atomic mass is 16.4. The molecule has 0 aliphatic heterocycles. The van der Waals surface area contributed by atoms with E-state index in [-0.39, 0.29) is 0 Å². The van der Waals surface area contributed by atoms with Crippen LogP contribution < -0.4 is 5.32 Å². The minimum atomic E-state index is -0.695. The minimum absolute atomic E-state index is 0.589. The van der Waals surface area contributed by atoms with Gasteiger partial charge in [-0.05, 0) is 44.0 Å². The lowest BCUT2D eigenvalue weighted by Crippen LogP contribution is -2.19. The smallest absolute Gasteiger partial charge is 0.314 e. The first-order valence-corrected chi connectivity index (χ1v) is 6.34. The van der Waals surface area contributed by atoms with Gasteiger partial charge in [-0.15, -0.1) is 0 Å². The van der Waals surface area contributed by atoms with Gasteiger partial charge >= 0.3 is 5.97 Å². The lowest BCUT2D eigenvalue weighted by molar-refractivity contribution is -0.140. The average molecular weight is 245 g/mol. The molecule has 0 unspecified atom stereocenters. The highest BCUT2D eigenvalue weighted by molar-refractivity contribution is 5.85. The van der Waals surface area contributed by atoms with Crippen molar-refractivity contribution in [3.8, 4) is 0 Å². The van der Waals surface area contributed by atoms with E-state index in [1.807, 2.05) is 31.3 Å². The Balaban J connectivity index is 2.02. The molecule has 0 bridgehead atoms. The van der Waals surface area contributed by atoms with E-state index in [1.165, 1.54) is 0 Å². The monoisotopic (exact) mass is 245 g/mol. The largest absolute Gasteiger partial charge is 0.481 e. The van der Waals surface area contributed by atoms with E-state index in [1.54, 1.807) is 0 Å². The van der Waals surface area contributed by atoms with Crippen molar-refractivity contribution in [1.82, 2.24) is 5.32 Å². The van der Waals surface area contributed by atoms with Gasteiger partial charge in [0.25, 0.3) is 0 Å². The molecule has 1 saturated carbocycles. The third-order valence-electron chi connectivity index (χ3n) is 3.49. The van der Waals surface area contributed by atoms with Crippen molar-refractivity contribution in [3.63, 3.8) is 0 Å². The van der Waals surface area contributed by atoms with Crippen molar-refractivity contribution < 1.29 is 9.90 Å². The molecule has 2 rings (SSSR count). The number of carboxylic acid groups (broad SMARTS) is 1. The van der Waals surface area contributed by atoms with Crippen LogP contribution in [-0.2, 0) is 10.2 Å². The second-order valence-electron chi connectivity index (χ2n) is 4.80. The highest BCUT2D eigenvalue weighted by Crippen LogP contribution is 2.48. The van der Waals surface area contributed by atoms with Gasteiger partial charge in [0.2, 0.25) is 0 Å². The molecular formula is C15H19NO2. The maximum absolute atomic E-state index is 11.2. The predicted octanol–water partition coefficient (Wildman–Crippen LogP) is 2.43. The molecule has 96 valence electrons. The van der Waals surface area contributed by atoms with Gasteiger partial charge < -0.3 is 10.4 Å². The topological polar surface area (TPSA) is 49.3 Å². The van der Waals surface area contributed by atoms with Gasteiger partial charge in [-0.3, -0.25) is 4.79 Å². The zero-order valence-electron chi connectivity index (χ0n) is 10.6. The summed E-state index contributed by atoms with van der Waals surface area (Å²) >= 11 is 0. The Morgan fingerprint density at radius 2 is 2.06 bits per heavy atom. The van der Waals surface area contributed by atoms with Crippen LogP contribution in [0.25, 0.3) is 6.08 Å². The fourth-order valence-corrected chi connectivity index (χ4v) is 2.11. The maximum atomic E-state index is 11.2. The molecule has 0 saturated heterocycles. The molecule has 2 N–H and O–H groups in total. The third kappa shape index (κ3) is 2.62. The lowest BCUT2D eigenvalue weighted by atomic mass is 9.95. The molecule has 1 aromatic carbocycles. The van der Waals surface area contributed by atoms with E-state index in [2.05, 4.69) is 17.5 Å². The van der Waals surface area contributed by atoms with Crippen LogP contribution in [0.3, 0.4) is 0 Å². The predicted molar refractivity (Wildman–Crippen MR) is 72.6 cm³/mol. The molecule has 0 atom stereocenters. The molecule has 18 heavy (non-hydrogen) atoms. The summed E-state index contributed by atoms with van der Waals surface area (Å²) in [6, 6.07) is 7.88. The van der Waals surface area contributed by atoms with Crippen molar-refractivity contribution in [1.29, 1.82) is 0 Å². The third-order valence-corrected chi connectivity index (χ3v) is 3.49. The quantitative estimate of drug-likeness (QED) is 0.757. The second-order valence-corrected chi connectivity index (χ2v) is 4.80. The minimum Gasteiger partial charge on any atom is -0.481 e. The van der Waals surface area contributed by atoms with Crippen LogP contribution in [0.1, 0.15) is 30.4 Å². The number of carboxylic acids is 1. The Labute approximate surface area is 108 Å². The van der Waals surface area contributed by atoms with Gasteiger partial charge in [-0.2, -0.15) is 0 Å². The SMILES string of the molecule is CNCCC=Cc1ccc(C2(C(=O)O)CC2)cc1. The molecule has 0 aromatic heterocycles. The first kappa shape index (κ1) is 12.8. The van der Waals surface area contributed by atoms with Crippen LogP contribution in [0.4, 0.5) is 0 Å². The second kappa shape index (κ2) is 5.36. The number of carbonyl (C=O) groups is 1. The van der Waals surface area contributed by atoms with Crippen molar-refractivity contribution in [3.05, 3.63) is 41.5 Å². The van der Waals surface area contributed by atoms with Crippen LogP contribution in [0.15, 0.2) is 30.3 Å². The van der Waals surface area contributed by atoms with Crippen LogP contribution >= 0.6 is 0 Å². The van der Waals surface area contributed by atoms with E-state index in [9.17, 15) is 9.90 Å². The molecule has 3 heteroatoms. The Morgan fingerprint density at radius 1 is 1.39 bits per heavy atom. The summed E-state index contributed by atoms with van der Waals surface area (Å²) in [6.45, 7) is 0.969. The zero-order valence-corrected chi connectivity index (χ0v) is 10.6. The summed E-state index contributed by atoms with van der Waals surface area (Å²) in [5.41, 5.74) is 1.47. The van der Waals surface area contributed by atoms with Crippen LogP contribution in [0, 0.1) is 0 Å². The molecule has 1 aliphatic rings. The van der Waals surface area contributed by atoms with E-state index >= 15 is 0 Å². The van der Waals surface area contributed by atoms with Gasteiger partial charge in [0.1, 0.15) is 0 Å². The maximum Gasteiger partial charge on any atom is 0.314 e. The highest BCUT2D eigenvalue weighted by Gasteiger charge is 2.51. The lowest BCUT2D eigenvalue weighted by Gasteiger charge is -2.09. The van der Waals surface area contributed by atoms with Gasteiger partial charge in [0, 0.05) is 0 Å². The number of benzene rings is 1. The van der Waals surface area contributed by atoms with Gasteiger partial charge in [-0.25, -0.2) is 0 Å². The summed E-state index contributed by atoms with van der Waals surface area (Å²) in [5, 5.41) is 12.3. The van der Waals surface area contributed by atoms with Crippen molar-refractivity contribution in [2.45, 2.75) is 24.7 Å².